The van der Waals surface area contributed by atoms with Gasteiger partial charge in [-0.3, -0.25) is 4.79 Å². The third kappa shape index (κ3) is 6.10. The van der Waals surface area contributed by atoms with Crippen LogP contribution in [0.25, 0.3) is 21.9 Å². The predicted octanol–water partition coefficient (Wildman–Crippen LogP) is 5.84. The van der Waals surface area contributed by atoms with Gasteiger partial charge in [-0.05, 0) is 66.1 Å². The SMILES string of the molecule is C=CC(C)(C)Oc1cc(O)c2c(=O)c3ccc(OC(C)(C)C=C)c(OC/C=C/CN(C)C)c3oc2c1. The molecule has 0 spiro atoms. The number of phenols is 1. The summed E-state index contributed by atoms with van der Waals surface area (Å²) in [4.78, 5) is 15.4. The Labute approximate surface area is 211 Å². The Kier molecular flexibility index (Phi) is 7.84. The maximum Gasteiger partial charge on any atom is 0.205 e. The van der Waals surface area contributed by atoms with Gasteiger partial charge in [0.1, 0.15) is 40.3 Å². The fourth-order valence-corrected chi connectivity index (χ4v) is 3.39. The summed E-state index contributed by atoms with van der Waals surface area (Å²) in [7, 11) is 3.95. The van der Waals surface area contributed by atoms with Crippen LogP contribution in [-0.2, 0) is 0 Å². The third-order valence-corrected chi connectivity index (χ3v) is 5.51. The lowest BCUT2D eigenvalue weighted by Crippen LogP contribution is -2.25. The second-order valence-electron chi connectivity index (χ2n) is 9.88. The third-order valence-electron chi connectivity index (χ3n) is 5.51. The Bertz CT molecular complexity index is 1360. The van der Waals surface area contributed by atoms with Crippen LogP contribution in [0.15, 0.2) is 70.9 Å². The number of hydrogen-bond acceptors (Lipinski definition) is 7. The molecule has 2 aromatic carbocycles. The molecule has 0 fully saturated rings. The van der Waals surface area contributed by atoms with Gasteiger partial charge >= 0.3 is 0 Å². The molecular formula is C29H35NO6. The molecule has 3 rings (SSSR count). The molecule has 0 saturated heterocycles. The van der Waals surface area contributed by atoms with Crippen molar-refractivity contribution in [3.8, 4) is 23.0 Å². The summed E-state index contributed by atoms with van der Waals surface area (Å²) in [5.74, 6) is 0.787. The van der Waals surface area contributed by atoms with Gasteiger partial charge in [-0.25, -0.2) is 0 Å². The molecule has 0 aliphatic rings. The van der Waals surface area contributed by atoms with Crippen molar-refractivity contribution in [1.82, 2.24) is 4.90 Å². The van der Waals surface area contributed by atoms with E-state index in [0.717, 1.165) is 6.54 Å². The minimum atomic E-state index is -0.695. The summed E-state index contributed by atoms with van der Waals surface area (Å²) in [6.45, 7) is 16.0. The fraction of sp³-hybridized carbons (Fsp3) is 0.345. The molecule has 3 aromatic rings. The van der Waals surface area contributed by atoms with Gasteiger partial charge in [-0.1, -0.05) is 25.3 Å². The molecule has 7 heteroatoms. The Hall–Kier alpha value is -3.71. The highest BCUT2D eigenvalue weighted by molar-refractivity contribution is 5.96. The largest absolute Gasteiger partial charge is 0.507 e. The number of nitrogens with zero attached hydrogens (tertiary/aromatic N) is 1. The minimum Gasteiger partial charge on any atom is -0.507 e. The molecule has 0 saturated carbocycles. The van der Waals surface area contributed by atoms with E-state index >= 15 is 0 Å². The maximum absolute atomic E-state index is 13.4. The highest BCUT2D eigenvalue weighted by Gasteiger charge is 2.24. The average Bonchev–Trinajstić information content (AvgIpc) is 2.79. The van der Waals surface area contributed by atoms with Gasteiger partial charge in [0.2, 0.25) is 11.2 Å². The molecule has 0 radical (unpaired) electrons. The van der Waals surface area contributed by atoms with Crippen LogP contribution >= 0.6 is 0 Å². The van der Waals surface area contributed by atoms with E-state index in [9.17, 15) is 9.90 Å². The number of rotatable bonds is 11. The lowest BCUT2D eigenvalue weighted by Gasteiger charge is -2.24. The summed E-state index contributed by atoms with van der Waals surface area (Å²) in [5.41, 5.74) is -1.40. The monoisotopic (exact) mass is 493 g/mol. The first-order valence-electron chi connectivity index (χ1n) is 11.7. The van der Waals surface area contributed by atoms with Crippen LogP contribution in [0, 0.1) is 0 Å². The molecule has 0 unspecified atom stereocenters. The summed E-state index contributed by atoms with van der Waals surface area (Å²) in [6, 6.07) is 6.24. The predicted molar refractivity (Wildman–Crippen MR) is 145 cm³/mol. The number of fused-ring (bicyclic) bond motifs is 2. The molecular weight excluding hydrogens is 458 g/mol. The first-order valence-corrected chi connectivity index (χ1v) is 11.7. The first kappa shape index (κ1) is 26.9. The second-order valence-corrected chi connectivity index (χ2v) is 9.88. The summed E-state index contributed by atoms with van der Waals surface area (Å²) >= 11 is 0. The maximum atomic E-state index is 13.4. The molecule has 0 aliphatic carbocycles. The molecule has 7 nitrogen and oxygen atoms in total. The Morgan fingerprint density at radius 1 is 1.03 bits per heavy atom. The van der Waals surface area contributed by atoms with Gasteiger partial charge in [0.15, 0.2) is 11.3 Å². The molecule has 0 atom stereocenters. The molecule has 0 aliphatic heterocycles. The van der Waals surface area contributed by atoms with Gasteiger partial charge in [0, 0.05) is 18.7 Å². The number of benzene rings is 2. The number of aromatic hydroxyl groups is 1. The number of hydrogen-bond donors (Lipinski definition) is 1. The van der Waals surface area contributed by atoms with E-state index in [-0.39, 0.29) is 45.5 Å². The highest BCUT2D eigenvalue weighted by Crippen LogP contribution is 2.40. The van der Waals surface area contributed by atoms with Crippen molar-refractivity contribution in [2.75, 3.05) is 27.2 Å². The van der Waals surface area contributed by atoms with Crippen LogP contribution in [-0.4, -0.2) is 48.5 Å². The standard InChI is InChI=1S/C29H35NO6/c1-9-28(3,4)35-19-17-21(31)24-23(18-19)34-26-20(25(24)32)13-14-22(36-29(5,6)10-2)27(26)33-16-12-11-15-30(7)8/h9-14,17-18,31H,1-2,15-16H2,3-8H3/b12-11+. The van der Waals surface area contributed by atoms with E-state index in [2.05, 4.69) is 13.2 Å². The van der Waals surface area contributed by atoms with Crippen molar-refractivity contribution in [2.24, 2.45) is 0 Å². The summed E-state index contributed by atoms with van der Waals surface area (Å²) < 4.78 is 24.3. The molecule has 1 aromatic heterocycles. The van der Waals surface area contributed by atoms with E-state index in [1.165, 1.54) is 6.07 Å². The van der Waals surface area contributed by atoms with Crippen molar-refractivity contribution in [2.45, 2.75) is 38.9 Å². The lowest BCUT2D eigenvalue weighted by molar-refractivity contribution is 0.154. The zero-order valence-electron chi connectivity index (χ0n) is 21.9. The van der Waals surface area contributed by atoms with E-state index < -0.39 is 11.2 Å². The zero-order valence-corrected chi connectivity index (χ0v) is 21.9. The van der Waals surface area contributed by atoms with Crippen molar-refractivity contribution in [3.05, 3.63) is 72.0 Å². The molecule has 0 amide bonds. The first-order chi connectivity index (χ1) is 16.9. The van der Waals surface area contributed by atoms with Gasteiger partial charge in [0.05, 0.1) is 5.39 Å². The van der Waals surface area contributed by atoms with Crippen LogP contribution in [0.1, 0.15) is 27.7 Å². The van der Waals surface area contributed by atoms with E-state index in [1.807, 2.05) is 58.8 Å². The van der Waals surface area contributed by atoms with Crippen LogP contribution < -0.4 is 19.6 Å². The van der Waals surface area contributed by atoms with Crippen LogP contribution in [0.5, 0.6) is 23.0 Å². The topological polar surface area (TPSA) is 81.4 Å². The Morgan fingerprint density at radius 2 is 1.69 bits per heavy atom. The van der Waals surface area contributed by atoms with Crippen molar-refractivity contribution >= 4 is 21.9 Å². The Morgan fingerprint density at radius 3 is 2.33 bits per heavy atom. The van der Waals surface area contributed by atoms with E-state index in [4.69, 9.17) is 18.6 Å². The van der Waals surface area contributed by atoms with Gasteiger partial charge in [0.25, 0.3) is 0 Å². The molecule has 1 heterocycles. The normalized spacial score (nSPS) is 12.4. The lowest BCUT2D eigenvalue weighted by atomic mass is 10.1. The van der Waals surface area contributed by atoms with E-state index in [1.54, 1.807) is 30.4 Å². The van der Waals surface area contributed by atoms with Crippen LogP contribution in [0.2, 0.25) is 0 Å². The van der Waals surface area contributed by atoms with Gasteiger partial charge < -0.3 is 28.6 Å². The second kappa shape index (κ2) is 10.5. The van der Waals surface area contributed by atoms with Crippen LogP contribution in [0.3, 0.4) is 0 Å². The van der Waals surface area contributed by atoms with E-state index in [0.29, 0.717) is 11.5 Å². The fourth-order valence-electron chi connectivity index (χ4n) is 3.39. The zero-order chi connectivity index (χ0) is 26.7. The molecule has 36 heavy (non-hydrogen) atoms. The van der Waals surface area contributed by atoms with Crippen molar-refractivity contribution in [3.63, 3.8) is 0 Å². The molecule has 192 valence electrons. The number of likely N-dealkylation sites (N-methyl/N-ethyl adjacent to an activating group) is 1. The average molecular weight is 494 g/mol. The van der Waals surface area contributed by atoms with Crippen molar-refractivity contribution < 1.29 is 23.7 Å². The minimum absolute atomic E-state index is 0.0585. The Balaban J connectivity index is 2.21. The summed E-state index contributed by atoms with van der Waals surface area (Å²) in [6.07, 6.45) is 7.19. The molecule has 1 N–H and O–H groups in total. The number of ether oxygens (including phenoxy) is 3. The van der Waals surface area contributed by atoms with Crippen LogP contribution in [0.4, 0.5) is 0 Å². The van der Waals surface area contributed by atoms with Crippen molar-refractivity contribution in [1.29, 1.82) is 0 Å². The van der Waals surface area contributed by atoms with Gasteiger partial charge in [-0.15, -0.1) is 0 Å². The molecule has 0 bridgehead atoms. The smallest absolute Gasteiger partial charge is 0.205 e. The van der Waals surface area contributed by atoms with Gasteiger partial charge in [-0.2, -0.15) is 0 Å². The highest BCUT2D eigenvalue weighted by atomic mass is 16.5. The summed E-state index contributed by atoms with van der Waals surface area (Å²) in [5, 5.41) is 11.0. The quantitative estimate of drug-likeness (QED) is 0.266. The number of phenolic OH excluding ortho intramolecular Hbond substituents is 1.